The molecule has 0 spiro atoms. The van der Waals surface area contributed by atoms with Gasteiger partial charge in [-0.3, -0.25) is 0 Å². The lowest BCUT2D eigenvalue weighted by Gasteiger charge is -2.29. The smallest absolute Gasteiger partial charge is 0.429 e. The predicted molar refractivity (Wildman–Crippen MR) is 175 cm³/mol. The Morgan fingerprint density at radius 2 is 1.33 bits per heavy atom. The lowest BCUT2D eigenvalue weighted by Crippen LogP contribution is -2.25. The van der Waals surface area contributed by atoms with Crippen LogP contribution in [0, 0.1) is 35.0 Å². The van der Waals surface area contributed by atoms with Crippen LogP contribution < -0.4 is 4.74 Å². The summed E-state index contributed by atoms with van der Waals surface area (Å²) in [5.41, 5.74) is -0.407. The van der Waals surface area contributed by atoms with Crippen LogP contribution >= 0.6 is 0 Å². The van der Waals surface area contributed by atoms with Crippen LogP contribution in [0.25, 0.3) is 22.3 Å². The van der Waals surface area contributed by atoms with Crippen LogP contribution in [0.5, 0.6) is 5.75 Å². The van der Waals surface area contributed by atoms with Gasteiger partial charge in [0.25, 0.3) is 0 Å². The molecule has 0 heterocycles. The molecule has 0 amide bonds. The van der Waals surface area contributed by atoms with Gasteiger partial charge in [-0.1, -0.05) is 42.5 Å². The number of alkyl halides is 2. The second-order valence-electron chi connectivity index (χ2n) is 12.3. The van der Waals surface area contributed by atoms with E-state index < -0.39 is 40.8 Å². The molecule has 8 heteroatoms. The van der Waals surface area contributed by atoms with Crippen molar-refractivity contribution in [3.8, 4) is 28.0 Å². The fraction of sp³-hybridized carbons (Fsp3) is 0.300. The van der Waals surface area contributed by atoms with Gasteiger partial charge in [-0.25, -0.2) is 22.0 Å². The first kappa shape index (κ1) is 35.0. The third-order valence-electron chi connectivity index (χ3n) is 9.10. The Morgan fingerprint density at radius 3 is 1.92 bits per heavy atom. The van der Waals surface area contributed by atoms with Crippen LogP contribution in [-0.4, -0.2) is 0 Å². The van der Waals surface area contributed by atoms with Crippen molar-refractivity contribution in [2.45, 2.75) is 70.3 Å². The Bertz CT molecular complexity index is 1720. The van der Waals surface area contributed by atoms with E-state index in [9.17, 15) is 8.78 Å². The molecule has 252 valence electrons. The van der Waals surface area contributed by atoms with Crippen LogP contribution in [0.2, 0.25) is 0 Å². The molecule has 1 nitrogen and oxygen atoms in total. The molecule has 0 saturated heterocycles. The first-order chi connectivity index (χ1) is 23.0. The third kappa shape index (κ3) is 8.03. The molecule has 4 aromatic rings. The van der Waals surface area contributed by atoms with E-state index >= 15 is 22.0 Å². The van der Waals surface area contributed by atoms with Crippen molar-refractivity contribution in [2.75, 3.05) is 0 Å². The van der Waals surface area contributed by atoms with Gasteiger partial charge in [-0.05, 0) is 135 Å². The highest BCUT2D eigenvalue weighted by molar-refractivity contribution is 5.71. The van der Waals surface area contributed by atoms with Gasteiger partial charge in [0.1, 0.15) is 40.4 Å². The topological polar surface area (TPSA) is 9.23 Å². The van der Waals surface area contributed by atoms with Gasteiger partial charge >= 0.3 is 6.11 Å². The lowest BCUT2D eigenvalue weighted by molar-refractivity contribution is -0.189. The summed E-state index contributed by atoms with van der Waals surface area (Å²) >= 11 is 0. The maximum absolute atomic E-state index is 15.1. The molecule has 0 aliphatic heterocycles. The number of allylic oxidation sites excluding steroid dienone is 3. The number of hydrogen-bond acceptors (Lipinski definition) is 1. The number of ether oxygens (including phenoxy) is 1. The second-order valence-corrected chi connectivity index (χ2v) is 12.3. The molecule has 1 aliphatic carbocycles. The summed E-state index contributed by atoms with van der Waals surface area (Å²) < 4.78 is 109. The molecule has 0 N–H and O–H groups in total. The molecule has 1 aliphatic rings. The maximum atomic E-state index is 15.1. The highest BCUT2D eigenvalue weighted by Crippen LogP contribution is 2.41. The van der Waals surface area contributed by atoms with Crippen molar-refractivity contribution < 1.29 is 35.5 Å². The van der Waals surface area contributed by atoms with Gasteiger partial charge in [0, 0.05) is 11.1 Å². The normalized spacial score (nSPS) is 16.8. The van der Waals surface area contributed by atoms with Gasteiger partial charge in [-0.2, -0.15) is 8.78 Å². The monoisotopic (exact) mass is 666 g/mol. The Labute approximate surface area is 276 Å². The quantitative estimate of drug-likeness (QED) is 0.108. The summed E-state index contributed by atoms with van der Waals surface area (Å²) in [6, 6.07) is 13.3. The Balaban J connectivity index is 1.27. The van der Waals surface area contributed by atoms with Crippen LogP contribution in [0.3, 0.4) is 0 Å². The first-order valence-corrected chi connectivity index (χ1v) is 16.2. The molecule has 48 heavy (non-hydrogen) atoms. The standard InChI is InChI=1S/C40H37F7O/c1-3-5-7-8-25-10-12-27(13-11-25)29-21-37(44)39(38(45)22-29)40(46,47)48-31-17-14-26(15-18-31)28-16-19-32(34(41)20-28)30-23-35(42)33(9-6-4-2)36(43)24-30/h3-5,14-25,27H,2,6-13H2,1H3. The molecule has 4 aromatic carbocycles. The number of halogens is 7. The van der Waals surface area contributed by atoms with E-state index in [4.69, 9.17) is 4.74 Å². The van der Waals surface area contributed by atoms with E-state index in [1.807, 2.05) is 13.0 Å². The summed E-state index contributed by atoms with van der Waals surface area (Å²) in [5, 5.41) is 0. The molecular formula is C40H37F7O. The Morgan fingerprint density at radius 1 is 0.729 bits per heavy atom. The number of benzene rings is 4. The fourth-order valence-corrected chi connectivity index (χ4v) is 6.48. The van der Waals surface area contributed by atoms with E-state index in [0.717, 1.165) is 68.9 Å². The van der Waals surface area contributed by atoms with Gasteiger partial charge < -0.3 is 4.74 Å². The third-order valence-corrected chi connectivity index (χ3v) is 9.10. The van der Waals surface area contributed by atoms with Gasteiger partial charge in [0.2, 0.25) is 0 Å². The highest BCUT2D eigenvalue weighted by atomic mass is 19.3. The second kappa shape index (κ2) is 15.3. The zero-order valence-electron chi connectivity index (χ0n) is 26.7. The minimum atomic E-state index is -4.31. The number of rotatable bonds is 12. The molecule has 0 bridgehead atoms. The van der Waals surface area contributed by atoms with Crippen molar-refractivity contribution in [3.63, 3.8) is 0 Å². The first-order valence-electron chi connectivity index (χ1n) is 16.2. The maximum Gasteiger partial charge on any atom is 0.432 e. The fourth-order valence-electron chi connectivity index (χ4n) is 6.48. The minimum Gasteiger partial charge on any atom is -0.429 e. The highest BCUT2D eigenvalue weighted by Gasteiger charge is 2.41. The van der Waals surface area contributed by atoms with E-state index in [-0.39, 0.29) is 34.8 Å². The average molecular weight is 667 g/mol. The summed E-state index contributed by atoms with van der Waals surface area (Å²) in [7, 11) is 0. The van der Waals surface area contributed by atoms with Crippen molar-refractivity contribution in [3.05, 3.63) is 137 Å². The van der Waals surface area contributed by atoms with E-state index in [0.29, 0.717) is 29.0 Å². The summed E-state index contributed by atoms with van der Waals surface area (Å²) in [6.45, 7) is 5.52. The summed E-state index contributed by atoms with van der Waals surface area (Å²) in [5.74, 6) is -4.98. The zero-order valence-corrected chi connectivity index (χ0v) is 26.7. The van der Waals surface area contributed by atoms with E-state index in [1.165, 1.54) is 36.4 Å². The zero-order chi connectivity index (χ0) is 34.4. The van der Waals surface area contributed by atoms with E-state index in [1.54, 1.807) is 6.08 Å². The molecule has 1 saturated carbocycles. The molecule has 0 unspecified atom stereocenters. The lowest BCUT2D eigenvalue weighted by atomic mass is 9.77. The predicted octanol–water partition coefficient (Wildman–Crippen LogP) is 12.6. The molecule has 0 aromatic heterocycles. The average Bonchev–Trinajstić information content (AvgIpc) is 3.04. The Kier molecular flexibility index (Phi) is 11.1. The Hall–Kier alpha value is -4.33. The minimum absolute atomic E-state index is 0.0192. The van der Waals surface area contributed by atoms with Crippen LogP contribution in [0.1, 0.15) is 74.5 Å². The van der Waals surface area contributed by atoms with E-state index in [2.05, 4.69) is 12.7 Å². The van der Waals surface area contributed by atoms with Crippen LogP contribution in [0.15, 0.2) is 91.5 Å². The summed E-state index contributed by atoms with van der Waals surface area (Å²) in [6.07, 6.45) is 7.26. The van der Waals surface area contributed by atoms with Crippen LogP contribution in [-0.2, 0) is 12.5 Å². The SMILES string of the molecule is C=CCCc1c(F)cc(-c2ccc(-c3ccc(OC(F)(F)c4c(F)cc(C5CCC(CCC=CC)CC5)cc4F)cc3)cc2F)cc1F. The largest absolute Gasteiger partial charge is 0.432 e. The molecule has 1 fully saturated rings. The van der Waals surface area contributed by atoms with Crippen molar-refractivity contribution in [2.24, 2.45) is 5.92 Å². The summed E-state index contributed by atoms with van der Waals surface area (Å²) in [4.78, 5) is 0. The van der Waals surface area contributed by atoms with Gasteiger partial charge in [0.05, 0.1) is 0 Å². The van der Waals surface area contributed by atoms with Crippen molar-refractivity contribution in [1.29, 1.82) is 0 Å². The van der Waals surface area contributed by atoms with Gasteiger partial charge in [-0.15, -0.1) is 6.58 Å². The van der Waals surface area contributed by atoms with Crippen molar-refractivity contribution >= 4 is 0 Å². The molecular weight excluding hydrogens is 629 g/mol. The molecule has 5 rings (SSSR count). The van der Waals surface area contributed by atoms with Crippen LogP contribution in [0.4, 0.5) is 30.7 Å². The number of hydrogen-bond donors (Lipinski definition) is 0. The van der Waals surface area contributed by atoms with Gasteiger partial charge in [0.15, 0.2) is 0 Å². The molecule has 0 atom stereocenters. The molecule has 0 radical (unpaired) electrons. The van der Waals surface area contributed by atoms with Crippen molar-refractivity contribution in [1.82, 2.24) is 0 Å².